The molecule has 0 amide bonds. The van der Waals surface area contributed by atoms with Crippen LogP contribution >= 0.6 is 11.6 Å². The topological polar surface area (TPSA) is 61.6 Å². The van der Waals surface area contributed by atoms with Crippen LogP contribution in [-0.4, -0.2) is 24.2 Å². The zero-order chi connectivity index (χ0) is 14.5. The molecule has 0 spiro atoms. The Bertz CT molecular complexity index is 480. The third-order valence-corrected chi connectivity index (χ3v) is 3.89. The van der Waals surface area contributed by atoms with Crippen LogP contribution in [0.3, 0.4) is 0 Å². The summed E-state index contributed by atoms with van der Waals surface area (Å²) < 4.78 is 11.3. The van der Waals surface area contributed by atoms with Gasteiger partial charge in [0.15, 0.2) is 0 Å². The highest BCUT2D eigenvalue weighted by atomic mass is 35.5. The number of non-ortho nitro benzene ring substituents is 1. The molecule has 6 heteroatoms. The fourth-order valence-corrected chi connectivity index (χ4v) is 2.71. The summed E-state index contributed by atoms with van der Waals surface area (Å²) in [5.41, 5.74) is 0.687. The molecule has 0 saturated heterocycles. The lowest BCUT2D eigenvalue weighted by Crippen LogP contribution is -2.29. The first-order valence-electron chi connectivity index (χ1n) is 6.66. The van der Waals surface area contributed by atoms with E-state index in [0.29, 0.717) is 11.3 Å². The van der Waals surface area contributed by atoms with Gasteiger partial charge in [0.05, 0.1) is 16.9 Å². The van der Waals surface area contributed by atoms with Crippen molar-refractivity contribution in [3.05, 3.63) is 33.9 Å². The second-order valence-corrected chi connectivity index (χ2v) is 5.21. The van der Waals surface area contributed by atoms with E-state index in [2.05, 4.69) is 0 Å². The van der Waals surface area contributed by atoms with Crippen LogP contribution in [0, 0.1) is 10.1 Å². The Hall–Kier alpha value is -1.33. The lowest BCUT2D eigenvalue weighted by atomic mass is 9.95. The minimum absolute atomic E-state index is 0.0337. The molecular formula is C14H18ClNO4. The molecule has 0 aromatic heterocycles. The number of alkyl halides is 1. The van der Waals surface area contributed by atoms with Crippen LogP contribution < -0.4 is 4.74 Å². The molecule has 1 aromatic carbocycles. The van der Waals surface area contributed by atoms with Gasteiger partial charge in [0.25, 0.3) is 5.69 Å². The van der Waals surface area contributed by atoms with Gasteiger partial charge in [-0.2, -0.15) is 0 Å². The molecule has 2 unspecified atom stereocenters. The molecule has 1 saturated carbocycles. The molecular weight excluding hydrogens is 282 g/mol. The maximum Gasteiger partial charge on any atom is 0.270 e. The molecule has 1 aliphatic rings. The van der Waals surface area contributed by atoms with Gasteiger partial charge in [-0.05, 0) is 25.3 Å². The lowest BCUT2D eigenvalue weighted by Gasteiger charge is -2.29. The van der Waals surface area contributed by atoms with Crippen molar-refractivity contribution in [2.75, 3.05) is 7.11 Å². The number of rotatable bonds is 5. The highest BCUT2D eigenvalue weighted by Gasteiger charge is 2.24. The van der Waals surface area contributed by atoms with E-state index in [1.807, 2.05) is 0 Å². The molecule has 110 valence electrons. The maximum absolute atomic E-state index is 10.8. The number of halogens is 1. The normalized spacial score (nSPS) is 22.5. The van der Waals surface area contributed by atoms with E-state index in [1.165, 1.54) is 12.1 Å². The third kappa shape index (κ3) is 3.61. The van der Waals surface area contributed by atoms with Crippen molar-refractivity contribution >= 4 is 17.3 Å². The Morgan fingerprint density at radius 2 is 2.15 bits per heavy atom. The second kappa shape index (κ2) is 6.90. The number of ether oxygens (including phenoxy) is 2. The quantitative estimate of drug-likeness (QED) is 0.473. The fraction of sp³-hybridized carbons (Fsp3) is 0.571. The number of benzene rings is 1. The van der Waals surface area contributed by atoms with Gasteiger partial charge in [0.1, 0.15) is 11.9 Å². The van der Waals surface area contributed by atoms with Crippen molar-refractivity contribution in [2.45, 2.75) is 43.8 Å². The monoisotopic (exact) mass is 299 g/mol. The van der Waals surface area contributed by atoms with Gasteiger partial charge < -0.3 is 9.47 Å². The average molecular weight is 300 g/mol. The molecule has 0 N–H and O–H groups in total. The van der Waals surface area contributed by atoms with E-state index in [1.54, 1.807) is 13.2 Å². The van der Waals surface area contributed by atoms with E-state index in [4.69, 9.17) is 21.1 Å². The highest BCUT2D eigenvalue weighted by molar-refractivity contribution is 6.17. The predicted molar refractivity (Wildman–Crippen MR) is 76.3 cm³/mol. The molecule has 5 nitrogen and oxygen atoms in total. The predicted octanol–water partition coefficient (Wildman–Crippen LogP) is 3.67. The van der Waals surface area contributed by atoms with Crippen LogP contribution in [0.1, 0.15) is 31.2 Å². The van der Waals surface area contributed by atoms with E-state index >= 15 is 0 Å². The summed E-state index contributed by atoms with van der Waals surface area (Å²) in [5.74, 6) is 0.824. The molecule has 20 heavy (non-hydrogen) atoms. The van der Waals surface area contributed by atoms with E-state index in [9.17, 15) is 10.1 Å². The number of methoxy groups -OCH3 is 1. The van der Waals surface area contributed by atoms with Gasteiger partial charge in [-0.3, -0.25) is 10.1 Å². The van der Waals surface area contributed by atoms with Crippen LogP contribution in [0.2, 0.25) is 0 Å². The lowest BCUT2D eigenvalue weighted by molar-refractivity contribution is -0.384. The van der Waals surface area contributed by atoms with Crippen molar-refractivity contribution in [3.63, 3.8) is 0 Å². The molecule has 1 aliphatic carbocycles. The van der Waals surface area contributed by atoms with E-state index in [-0.39, 0.29) is 23.8 Å². The Labute approximate surface area is 123 Å². The summed E-state index contributed by atoms with van der Waals surface area (Å²) in [4.78, 5) is 10.3. The summed E-state index contributed by atoms with van der Waals surface area (Å²) in [6, 6.07) is 4.55. The Morgan fingerprint density at radius 1 is 1.40 bits per heavy atom. The van der Waals surface area contributed by atoms with Crippen LogP contribution in [0.25, 0.3) is 0 Å². The second-order valence-electron chi connectivity index (χ2n) is 4.95. The highest BCUT2D eigenvalue weighted by Crippen LogP contribution is 2.30. The van der Waals surface area contributed by atoms with Gasteiger partial charge in [0, 0.05) is 31.2 Å². The van der Waals surface area contributed by atoms with Gasteiger partial charge in [-0.25, -0.2) is 0 Å². The Morgan fingerprint density at radius 3 is 2.80 bits per heavy atom. The number of nitro benzene ring substituents is 1. The van der Waals surface area contributed by atoms with Gasteiger partial charge >= 0.3 is 0 Å². The fourth-order valence-electron chi connectivity index (χ4n) is 2.50. The first-order chi connectivity index (χ1) is 9.63. The van der Waals surface area contributed by atoms with Crippen molar-refractivity contribution in [2.24, 2.45) is 0 Å². The van der Waals surface area contributed by atoms with Crippen molar-refractivity contribution in [3.8, 4) is 5.75 Å². The first kappa shape index (κ1) is 15.1. The minimum Gasteiger partial charge on any atom is -0.490 e. The third-order valence-electron chi connectivity index (χ3n) is 3.60. The van der Waals surface area contributed by atoms with E-state index < -0.39 is 4.92 Å². The van der Waals surface area contributed by atoms with Gasteiger partial charge in [-0.1, -0.05) is 0 Å². The van der Waals surface area contributed by atoms with Crippen LogP contribution in [0.4, 0.5) is 5.69 Å². The molecule has 1 fully saturated rings. The largest absolute Gasteiger partial charge is 0.490 e. The minimum atomic E-state index is -0.429. The summed E-state index contributed by atoms with van der Waals surface area (Å²) in [5, 5.41) is 10.8. The molecule has 0 radical (unpaired) electrons. The number of hydrogen-bond donors (Lipinski definition) is 0. The van der Waals surface area contributed by atoms with Crippen molar-refractivity contribution < 1.29 is 14.4 Å². The SMILES string of the molecule is COC1CCCC(Oc2ccc([N+](=O)[O-])cc2CCl)C1. The number of nitro groups is 1. The molecule has 1 aromatic rings. The van der Waals surface area contributed by atoms with Gasteiger partial charge in [0.2, 0.25) is 0 Å². The molecule has 0 heterocycles. The summed E-state index contributed by atoms with van der Waals surface area (Å²) in [6.07, 6.45) is 4.24. The van der Waals surface area contributed by atoms with E-state index in [0.717, 1.165) is 25.7 Å². The van der Waals surface area contributed by atoms with Crippen molar-refractivity contribution in [1.29, 1.82) is 0 Å². The molecule has 2 atom stereocenters. The summed E-state index contributed by atoms with van der Waals surface area (Å²) in [7, 11) is 1.71. The standard InChI is InChI=1S/C14H18ClNO4/c1-19-12-3-2-4-13(8-12)20-14-6-5-11(16(17)18)7-10(14)9-15/h5-7,12-13H,2-4,8-9H2,1H3. The van der Waals surface area contributed by atoms with Crippen LogP contribution in [-0.2, 0) is 10.6 Å². The summed E-state index contributed by atoms with van der Waals surface area (Å²) >= 11 is 5.86. The Balaban J connectivity index is 2.10. The van der Waals surface area contributed by atoms with Gasteiger partial charge in [-0.15, -0.1) is 11.6 Å². The zero-order valence-corrected chi connectivity index (χ0v) is 12.1. The van der Waals surface area contributed by atoms with Crippen molar-refractivity contribution in [1.82, 2.24) is 0 Å². The Kier molecular flexibility index (Phi) is 5.20. The molecule has 2 rings (SSSR count). The average Bonchev–Trinajstić information content (AvgIpc) is 2.47. The van der Waals surface area contributed by atoms with Crippen LogP contribution in [0.15, 0.2) is 18.2 Å². The number of hydrogen-bond acceptors (Lipinski definition) is 4. The molecule has 0 bridgehead atoms. The summed E-state index contributed by atoms with van der Waals surface area (Å²) in [6.45, 7) is 0. The maximum atomic E-state index is 10.8. The molecule has 0 aliphatic heterocycles. The first-order valence-corrected chi connectivity index (χ1v) is 7.20. The van der Waals surface area contributed by atoms with Crippen LogP contribution in [0.5, 0.6) is 5.75 Å². The number of nitrogens with zero attached hydrogens (tertiary/aromatic N) is 1. The zero-order valence-electron chi connectivity index (χ0n) is 11.4. The smallest absolute Gasteiger partial charge is 0.270 e.